The van der Waals surface area contributed by atoms with Crippen LogP contribution in [-0.4, -0.2) is 64.8 Å². The predicted octanol–water partition coefficient (Wildman–Crippen LogP) is 4.60. The van der Waals surface area contributed by atoms with E-state index in [4.69, 9.17) is 37.9 Å². The fourth-order valence-electron chi connectivity index (χ4n) is 5.27. The molecule has 8 rings (SSSR count). The Balaban J connectivity index is 0.958. The molecule has 0 aliphatic carbocycles. The Labute approximate surface area is 224 Å². The van der Waals surface area contributed by atoms with Crippen LogP contribution in [-0.2, 0) is 39.8 Å². The molecule has 1 atom stereocenters. The molecule has 0 spiro atoms. The minimum Gasteiger partial charge on any atom is -0.494 e. The van der Waals surface area contributed by atoms with Gasteiger partial charge in [0.25, 0.3) is 11.9 Å². The molecule has 0 aromatic heterocycles. The molecule has 8 heteroatoms. The van der Waals surface area contributed by atoms with Crippen molar-refractivity contribution in [1.29, 1.82) is 0 Å². The van der Waals surface area contributed by atoms with Crippen molar-refractivity contribution in [3.05, 3.63) is 65.2 Å². The van der Waals surface area contributed by atoms with Crippen LogP contribution in [0.2, 0.25) is 0 Å². The zero-order chi connectivity index (χ0) is 26.3. The number of ether oxygens (including phenoxy) is 8. The highest BCUT2D eigenvalue weighted by molar-refractivity contribution is 5.36. The third-order valence-corrected chi connectivity index (χ3v) is 8.28. The molecule has 38 heavy (non-hydrogen) atoms. The van der Waals surface area contributed by atoms with E-state index >= 15 is 0 Å². The van der Waals surface area contributed by atoms with E-state index in [2.05, 4.69) is 43.3 Å². The Morgan fingerprint density at radius 3 is 1.68 bits per heavy atom. The molecule has 2 aromatic rings. The molecule has 0 saturated carbocycles. The highest BCUT2D eigenvalue weighted by Gasteiger charge is 2.51. The van der Waals surface area contributed by atoms with Crippen LogP contribution in [0.3, 0.4) is 0 Å². The van der Waals surface area contributed by atoms with E-state index < -0.39 is 11.9 Å². The zero-order valence-electron chi connectivity index (χ0n) is 22.5. The summed E-state index contributed by atoms with van der Waals surface area (Å²) in [7, 11) is 0. The minimum absolute atomic E-state index is 0.117. The van der Waals surface area contributed by atoms with Gasteiger partial charge < -0.3 is 37.9 Å². The SMILES string of the molecule is CC(c1ccc(COCC23COC(C)(OC2)OC3)cc1)c1ccc(OCCC23COC(C)(OC2)OC3)cc1. The molecule has 1 unspecified atom stereocenters. The predicted molar refractivity (Wildman–Crippen MR) is 138 cm³/mol. The van der Waals surface area contributed by atoms with E-state index in [1.54, 1.807) is 0 Å². The van der Waals surface area contributed by atoms with Crippen LogP contribution in [0.5, 0.6) is 5.75 Å². The highest BCUT2D eigenvalue weighted by atomic mass is 16.9. The summed E-state index contributed by atoms with van der Waals surface area (Å²) in [6, 6.07) is 17.0. The first-order valence-corrected chi connectivity index (χ1v) is 13.5. The van der Waals surface area contributed by atoms with Gasteiger partial charge >= 0.3 is 0 Å². The fraction of sp³-hybridized carbons (Fsp3) is 0.600. The van der Waals surface area contributed by atoms with Crippen molar-refractivity contribution in [2.45, 2.75) is 51.7 Å². The Morgan fingerprint density at radius 1 is 0.684 bits per heavy atom. The van der Waals surface area contributed by atoms with Gasteiger partial charge in [-0.3, -0.25) is 0 Å². The Kier molecular flexibility index (Phi) is 7.01. The molecular formula is C30H38O8. The number of hydrogen-bond donors (Lipinski definition) is 0. The maximum Gasteiger partial charge on any atom is 0.279 e. The first-order chi connectivity index (χ1) is 18.3. The second-order valence-electron chi connectivity index (χ2n) is 11.6. The maximum absolute atomic E-state index is 6.03. The van der Waals surface area contributed by atoms with Crippen LogP contribution >= 0.6 is 0 Å². The standard InChI is InChI=1S/C30H38O8/c1-22(24-6-4-23(5-7-24)14-31-15-30-19-36-28(3,37-20-30)38-21-30)25-8-10-26(11-9-25)32-13-12-29-16-33-27(2,34-17-29)35-18-29/h4-11,22H,12-21H2,1-3H3. The van der Waals surface area contributed by atoms with E-state index in [1.165, 1.54) is 11.1 Å². The largest absolute Gasteiger partial charge is 0.494 e. The van der Waals surface area contributed by atoms with Gasteiger partial charge in [0.05, 0.1) is 64.9 Å². The van der Waals surface area contributed by atoms with Gasteiger partial charge in [-0.2, -0.15) is 0 Å². The van der Waals surface area contributed by atoms with Crippen molar-refractivity contribution in [3.8, 4) is 5.75 Å². The average molecular weight is 527 g/mol. The molecule has 2 aromatic carbocycles. The number of hydrogen-bond acceptors (Lipinski definition) is 8. The van der Waals surface area contributed by atoms with E-state index in [0.717, 1.165) is 17.7 Å². The fourth-order valence-corrected chi connectivity index (χ4v) is 5.27. The summed E-state index contributed by atoms with van der Waals surface area (Å²) in [5, 5.41) is 0. The summed E-state index contributed by atoms with van der Waals surface area (Å²) >= 11 is 0. The van der Waals surface area contributed by atoms with Crippen molar-refractivity contribution >= 4 is 0 Å². The quantitative estimate of drug-likeness (QED) is 0.445. The second kappa shape index (κ2) is 10.2. The number of rotatable bonds is 10. The first-order valence-electron chi connectivity index (χ1n) is 13.5. The van der Waals surface area contributed by atoms with Gasteiger partial charge in [0.15, 0.2) is 0 Å². The topological polar surface area (TPSA) is 73.8 Å². The lowest BCUT2D eigenvalue weighted by molar-refractivity contribution is -0.462. The Bertz CT molecular complexity index is 962. The monoisotopic (exact) mass is 526 g/mol. The molecule has 6 fully saturated rings. The van der Waals surface area contributed by atoms with Gasteiger partial charge in [0.1, 0.15) is 5.75 Å². The van der Waals surface area contributed by atoms with Crippen LogP contribution in [0.15, 0.2) is 48.5 Å². The zero-order valence-corrected chi connectivity index (χ0v) is 22.5. The van der Waals surface area contributed by atoms with Gasteiger partial charge in [-0.25, -0.2) is 0 Å². The van der Waals surface area contributed by atoms with Gasteiger partial charge in [0.2, 0.25) is 0 Å². The minimum atomic E-state index is -0.879. The van der Waals surface area contributed by atoms with Gasteiger partial charge in [-0.1, -0.05) is 43.3 Å². The van der Waals surface area contributed by atoms with Crippen molar-refractivity contribution in [2.75, 3.05) is 52.9 Å². The summed E-state index contributed by atoms with van der Waals surface area (Å²) in [4.78, 5) is 0. The van der Waals surface area contributed by atoms with E-state index in [9.17, 15) is 0 Å². The molecule has 6 heterocycles. The van der Waals surface area contributed by atoms with Crippen LogP contribution in [0.25, 0.3) is 0 Å². The highest BCUT2D eigenvalue weighted by Crippen LogP contribution is 2.40. The molecule has 206 valence electrons. The summed E-state index contributed by atoms with van der Waals surface area (Å²) in [5.41, 5.74) is 3.31. The molecule has 6 aliphatic heterocycles. The van der Waals surface area contributed by atoms with Crippen molar-refractivity contribution < 1.29 is 37.9 Å². The van der Waals surface area contributed by atoms with Crippen LogP contribution in [0.1, 0.15) is 49.8 Å². The second-order valence-corrected chi connectivity index (χ2v) is 11.6. The Hall–Kier alpha value is -2.04. The number of benzene rings is 2. The van der Waals surface area contributed by atoms with Crippen LogP contribution < -0.4 is 4.74 Å². The lowest BCUT2D eigenvalue weighted by Gasteiger charge is -2.50. The maximum atomic E-state index is 6.03. The Morgan fingerprint density at radius 2 is 1.16 bits per heavy atom. The third kappa shape index (κ3) is 5.49. The summed E-state index contributed by atoms with van der Waals surface area (Å²) in [5.74, 6) is -0.606. The summed E-state index contributed by atoms with van der Waals surface area (Å²) in [6.45, 7) is 11.3. The molecule has 6 saturated heterocycles. The van der Waals surface area contributed by atoms with Crippen molar-refractivity contribution in [1.82, 2.24) is 0 Å². The summed E-state index contributed by atoms with van der Waals surface area (Å²) in [6.07, 6.45) is 0.826. The van der Waals surface area contributed by atoms with Gasteiger partial charge in [-0.05, 0) is 35.2 Å². The summed E-state index contributed by atoms with van der Waals surface area (Å²) < 4.78 is 46.2. The van der Waals surface area contributed by atoms with E-state index in [0.29, 0.717) is 59.5 Å². The van der Waals surface area contributed by atoms with Crippen LogP contribution in [0, 0.1) is 10.8 Å². The normalized spacial score (nSPS) is 34.8. The third-order valence-electron chi connectivity index (χ3n) is 8.28. The van der Waals surface area contributed by atoms with Crippen molar-refractivity contribution in [2.24, 2.45) is 10.8 Å². The number of fused-ring (bicyclic) bond motifs is 6. The van der Waals surface area contributed by atoms with Crippen molar-refractivity contribution in [3.63, 3.8) is 0 Å². The molecule has 0 amide bonds. The van der Waals surface area contributed by atoms with Gasteiger partial charge in [-0.15, -0.1) is 0 Å². The molecule has 0 N–H and O–H groups in total. The average Bonchev–Trinajstić information content (AvgIpc) is 2.95. The smallest absolute Gasteiger partial charge is 0.279 e. The van der Waals surface area contributed by atoms with Gasteiger partial charge in [0, 0.05) is 25.2 Å². The molecular weight excluding hydrogens is 488 g/mol. The molecule has 4 bridgehead atoms. The molecule has 8 nitrogen and oxygen atoms in total. The van der Waals surface area contributed by atoms with E-state index in [-0.39, 0.29) is 16.7 Å². The van der Waals surface area contributed by atoms with Crippen LogP contribution in [0.4, 0.5) is 0 Å². The lowest BCUT2D eigenvalue weighted by Crippen LogP contribution is -2.60. The lowest BCUT2D eigenvalue weighted by atomic mass is 9.85. The first kappa shape index (κ1) is 26.2. The van der Waals surface area contributed by atoms with E-state index in [1.807, 2.05) is 26.0 Å². The molecule has 6 aliphatic rings. The molecule has 0 radical (unpaired) electrons.